The summed E-state index contributed by atoms with van der Waals surface area (Å²) in [5, 5.41) is 7.22. The maximum Gasteiger partial charge on any atom is 0.212 e. The zero-order valence-corrected chi connectivity index (χ0v) is 15.5. The molecule has 1 atom stereocenters. The van der Waals surface area contributed by atoms with Crippen molar-refractivity contribution >= 4 is 5.82 Å². The maximum absolute atomic E-state index is 5.12. The van der Waals surface area contributed by atoms with Gasteiger partial charge >= 0.3 is 0 Å². The van der Waals surface area contributed by atoms with Gasteiger partial charge in [0.15, 0.2) is 0 Å². The van der Waals surface area contributed by atoms with Crippen molar-refractivity contribution in [2.45, 2.75) is 24.8 Å². The topological polar surface area (TPSA) is 75.2 Å². The van der Waals surface area contributed by atoms with E-state index in [-0.39, 0.29) is 5.54 Å². The molecule has 140 valence electrons. The van der Waals surface area contributed by atoms with Crippen LogP contribution in [0.2, 0.25) is 0 Å². The first-order chi connectivity index (χ1) is 13.2. The van der Waals surface area contributed by atoms with E-state index >= 15 is 0 Å². The molecular weight excluding hydrogens is 340 g/mol. The lowest BCUT2D eigenvalue weighted by Gasteiger charge is -2.52. The smallest absolute Gasteiger partial charge is 0.212 e. The Morgan fingerprint density at radius 2 is 2.11 bits per heavy atom. The van der Waals surface area contributed by atoms with Crippen LogP contribution in [0.5, 0.6) is 5.88 Å². The lowest BCUT2D eigenvalue weighted by molar-refractivity contribution is 0.0189. The summed E-state index contributed by atoms with van der Waals surface area (Å²) in [6, 6.07) is 5.74. The number of methoxy groups -OCH3 is 1. The number of hydrogen-bond donors (Lipinski definition) is 2. The Bertz CT molecular complexity index is 859. The molecule has 2 N–H and O–H groups in total. The molecule has 6 heterocycles. The molecule has 0 amide bonds. The quantitative estimate of drug-likeness (QED) is 0.862. The second kappa shape index (κ2) is 6.49. The van der Waals surface area contributed by atoms with Crippen LogP contribution in [0.4, 0.5) is 5.82 Å². The van der Waals surface area contributed by atoms with Crippen LogP contribution in [0.25, 0.3) is 11.3 Å². The first-order valence-electron chi connectivity index (χ1n) is 9.54. The van der Waals surface area contributed by atoms with Crippen molar-refractivity contribution < 1.29 is 4.74 Å². The molecule has 4 aliphatic heterocycles. The van der Waals surface area contributed by atoms with Gasteiger partial charge in [-0.15, -0.1) is 0 Å². The minimum atomic E-state index is 0.203. The number of aromatic nitrogens is 3. The number of ether oxygens (including phenoxy) is 1. The Labute approximate surface area is 158 Å². The molecule has 0 saturated carbocycles. The monoisotopic (exact) mass is 364 g/mol. The number of fused-ring (bicyclic) bond motifs is 2. The van der Waals surface area contributed by atoms with Gasteiger partial charge in [0.25, 0.3) is 0 Å². The predicted molar refractivity (Wildman–Crippen MR) is 103 cm³/mol. The summed E-state index contributed by atoms with van der Waals surface area (Å²) in [6.07, 6.45) is 9.31. The van der Waals surface area contributed by atoms with E-state index in [4.69, 9.17) is 4.74 Å². The molecule has 0 aromatic carbocycles. The minimum Gasteiger partial charge on any atom is -0.481 e. The Morgan fingerprint density at radius 1 is 1.22 bits per heavy atom. The predicted octanol–water partition coefficient (Wildman–Crippen LogP) is 2.26. The Hall–Kier alpha value is -2.67. The van der Waals surface area contributed by atoms with Crippen LogP contribution in [0.3, 0.4) is 0 Å². The second-order valence-corrected chi connectivity index (χ2v) is 7.66. The number of rotatable bonds is 4. The summed E-state index contributed by atoms with van der Waals surface area (Å²) in [7, 11) is 1.61. The Balaban J connectivity index is 1.30. The van der Waals surface area contributed by atoms with E-state index in [1.807, 2.05) is 18.2 Å². The molecule has 6 rings (SSSR count). The molecule has 1 spiro atoms. The highest BCUT2D eigenvalue weighted by Crippen LogP contribution is 2.41. The van der Waals surface area contributed by atoms with Gasteiger partial charge in [0, 0.05) is 30.4 Å². The third kappa shape index (κ3) is 3.02. The van der Waals surface area contributed by atoms with Gasteiger partial charge in [0.1, 0.15) is 18.0 Å². The summed E-state index contributed by atoms with van der Waals surface area (Å²) in [5.41, 5.74) is 1.97. The fourth-order valence-electron chi connectivity index (χ4n) is 4.66. The molecule has 0 aliphatic carbocycles. The van der Waals surface area contributed by atoms with E-state index in [0.29, 0.717) is 5.88 Å². The zero-order valence-electron chi connectivity index (χ0n) is 15.5. The van der Waals surface area contributed by atoms with Gasteiger partial charge in [-0.3, -0.25) is 0 Å². The average Bonchev–Trinajstić information content (AvgIpc) is 3.11. The number of nitrogens with zero attached hydrogens (tertiary/aromatic N) is 4. The average molecular weight is 364 g/mol. The van der Waals surface area contributed by atoms with Crippen LogP contribution in [-0.4, -0.2) is 52.1 Å². The minimum absolute atomic E-state index is 0.203. The lowest BCUT2D eigenvalue weighted by Crippen LogP contribution is -2.64. The van der Waals surface area contributed by atoms with Gasteiger partial charge < -0.3 is 20.3 Å². The third-order valence-electron chi connectivity index (χ3n) is 6.10. The number of hydrogen-bond acceptors (Lipinski definition) is 7. The maximum atomic E-state index is 5.12. The van der Waals surface area contributed by atoms with Crippen molar-refractivity contribution in [3.63, 3.8) is 0 Å². The molecule has 27 heavy (non-hydrogen) atoms. The molecule has 3 fully saturated rings. The Morgan fingerprint density at radius 3 is 2.81 bits per heavy atom. The van der Waals surface area contributed by atoms with Crippen molar-refractivity contribution in [3.8, 4) is 17.1 Å². The fourth-order valence-corrected chi connectivity index (χ4v) is 4.66. The van der Waals surface area contributed by atoms with Crippen LogP contribution in [0.15, 0.2) is 42.6 Å². The molecular formula is C20H24N6O. The second-order valence-electron chi connectivity index (χ2n) is 7.66. The number of pyridine rings is 1. The van der Waals surface area contributed by atoms with Crippen molar-refractivity contribution in [3.05, 3.63) is 42.6 Å². The molecule has 7 nitrogen and oxygen atoms in total. The van der Waals surface area contributed by atoms with E-state index in [1.54, 1.807) is 19.6 Å². The molecule has 2 aromatic rings. The van der Waals surface area contributed by atoms with Crippen LogP contribution >= 0.6 is 0 Å². The van der Waals surface area contributed by atoms with Crippen LogP contribution in [-0.2, 0) is 0 Å². The highest BCUT2D eigenvalue weighted by atomic mass is 16.5. The number of anilines is 1. The largest absolute Gasteiger partial charge is 0.481 e. The highest BCUT2D eigenvalue weighted by molar-refractivity contribution is 5.62. The molecule has 2 bridgehead atoms. The molecule has 2 aromatic heterocycles. The summed E-state index contributed by atoms with van der Waals surface area (Å²) in [4.78, 5) is 15.6. The van der Waals surface area contributed by atoms with E-state index in [9.17, 15) is 0 Å². The van der Waals surface area contributed by atoms with E-state index in [2.05, 4.69) is 36.6 Å². The molecule has 0 radical (unpaired) electrons. The molecule has 7 heteroatoms. The van der Waals surface area contributed by atoms with Crippen molar-refractivity contribution in [1.29, 1.82) is 0 Å². The van der Waals surface area contributed by atoms with Crippen LogP contribution in [0.1, 0.15) is 19.3 Å². The summed E-state index contributed by atoms with van der Waals surface area (Å²) >= 11 is 0. The first-order valence-corrected chi connectivity index (χ1v) is 9.54. The normalized spacial score (nSPS) is 28.7. The van der Waals surface area contributed by atoms with Gasteiger partial charge in [-0.1, -0.05) is 0 Å². The number of nitrogens with one attached hydrogen (secondary N) is 2. The van der Waals surface area contributed by atoms with E-state index < -0.39 is 0 Å². The first kappa shape index (κ1) is 16.5. The van der Waals surface area contributed by atoms with Gasteiger partial charge in [-0.05, 0) is 50.4 Å². The summed E-state index contributed by atoms with van der Waals surface area (Å²) in [6.45, 7) is 3.65. The van der Waals surface area contributed by atoms with Crippen molar-refractivity contribution in [1.82, 2.24) is 25.2 Å². The Kier molecular flexibility index (Phi) is 3.97. The zero-order chi connectivity index (χ0) is 18.3. The van der Waals surface area contributed by atoms with Gasteiger partial charge in [0.05, 0.1) is 18.3 Å². The van der Waals surface area contributed by atoms with Gasteiger partial charge in [-0.2, -0.15) is 0 Å². The van der Waals surface area contributed by atoms with Crippen LogP contribution < -0.4 is 15.4 Å². The SMILES string of the molecule is COc1ccc(-c2cc(NC3=CC[C@@]4(CN5CCC4CC5)N3)ncn2)cn1. The molecule has 0 unspecified atom stereocenters. The molecule has 4 aliphatic rings. The van der Waals surface area contributed by atoms with E-state index in [1.165, 1.54) is 25.9 Å². The molecule has 3 saturated heterocycles. The van der Waals surface area contributed by atoms with Crippen LogP contribution in [0, 0.1) is 5.92 Å². The van der Waals surface area contributed by atoms with Gasteiger partial charge in [0.2, 0.25) is 5.88 Å². The van der Waals surface area contributed by atoms with Crippen molar-refractivity contribution in [2.75, 3.05) is 32.1 Å². The third-order valence-corrected chi connectivity index (χ3v) is 6.10. The highest BCUT2D eigenvalue weighted by Gasteiger charge is 2.48. The number of piperidine rings is 3. The standard InChI is InChI=1S/C20H24N6O/c1-27-19-3-2-14(11-21-19)16-10-18(23-13-22-16)24-17-4-7-20(25-17)12-26-8-5-15(20)6-9-26/h2-4,10-11,13,15,25H,5-9,12H2,1H3,(H,22,23,24)/t20-/m0/s1. The lowest BCUT2D eigenvalue weighted by atomic mass is 9.72. The summed E-state index contributed by atoms with van der Waals surface area (Å²) < 4.78 is 5.12. The van der Waals surface area contributed by atoms with Gasteiger partial charge in [-0.25, -0.2) is 15.0 Å². The summed E-state index contributed by atoms with van der Waals surface area (Å²) in [5.74, 6) is 3.20. The van der Waals surface area contributed by atoms with E-state index in [0.717, 1.165) is 41.8 Å². The fraction of sp³-hybridized carbons (Fsp3) is 0.450. The van der Waals surface area contributed by atoms with Crippen molar-refractivity contribution in [2.24, 2.45) is 5.92 Å².